The molecule has 0 radical (unpaired) electrons. The number of nitroso groups, excluding NO2 is 1. The van der Waals surface area contributed by atoms with E-state index in [9.17, 15) is 14.5 Å². The number of ketones is 1. The fourth-order valence-corrected chi connectivity index (χ4v) is 1.94. The predicted octanol–water partition coefficient (Wildman–Crippen LogP) is 1.75. The highest BCUT2D eigenvalue weighted by Crippen LogP contribution is 2.23. The van der Waals surface area contributed by atoms with Crippen LogP contribution in [-0.2, 0) is 0 Å². The molecule has 2 heterocycles. The fourth-order valence-electron chi connectivity index (χ4n) is 1.94. The fraction of sp³-hybridized carbons (Fsp3) is 0.182. The van der Waals surface area contributed by atoms with Crippen LogP contribution in [0.3, 0.4) is 0 Å². The number of carbonyl (C=O) groups excluding carboxylic acids is 2. The Balaban J connectivity index is 2.94. The average molecular weight is 231 g/mol. The van der Waals surface area contributed by atoms with E-state index in [-0.39, 0.29) is 11.3 Å². The van der Waals surface area contributed by atoms with E-state index < -0.39 is 5.91 Å². The summed E-state index contributed by atoms with van der Waals surface area (Å²) in [6, 6.07) is 3.24. The van der Waals surface area contributed by atoms with Gasteiger partial charge in [0.05, 0.1) is 11.1 Å². The van der Waals surface area contributed by atoms with Crippen LogP contribution in [0.15, 0.2) is 23.5 Å². The van der Waals surface area contributed by atoms with E-state index in [1.54, 1.807) is 19.1 Å². The van der Waals surface area contributed by atoms with Crippen molar-refractivity contribution in [3.63, 3.8) is 0 Å². The van der Waals surface area contributed by atoms with Crippen molar-refractivity contribution in [2.24, 2.45) is 5.18 Å². The highest BCUT2D eigenvalue weighted by atomic mass is 16.3. The van der Waals surface area contributed by atoms with Gasteiger partial charge in [0.25, 0.3) is 0 Å². The quantitative estimate of drug-likeness (QED) is 0.582. The number of nitrogens with zero attached hydrogens (tertiary/aromatic N) is 3. The summed E-state index contributed by atoms with van der Waals surface area (Å²) < 4.78 is 1.36. The molecule has 0 N–H and O–H groups in total. The van der Waals surface area contributed by atoms with Crippen molar-refractivity contribution < 1.29 is 9.59 Å². The monoisotopic (exact) mass is 231 g/mol. The van der Waals surface area contributed by atoms with Gasteiger partial charge in [0, 0.05) is 18.3 Å². The number of Topliss-reactive ketones (excluding diaryl/α,β-unsaturated/α-hetero) is 1. The number of fused-ring (bicyclic) bond motifs is 1. The van der Waals surface area contributed by atoms with Gasteiger partial charge in [-0.25, -0.2) is 4.52 Å². The van der Waals surface area contributed by atoms with E-state index in [0.29, 0.717) is 16.8 Å². The third-order valence-electron chi connectivity index (χ3n) is 2.58. The van der Waals surface area contributed by atoms with Crippen molar-refractivity contribution in [3.05, 3.63) is 40.1 Å². The van der Waals surface area contributed by atoms with E-state index in [1.165, 1.54) is 17.6 Å². The first-order valence-corrected chi connectivity index (χ1v) is 4.93. The first-order valence-electron chi connectivity index (χ1n) is 4.93. The van der Waals surface area contributed by atoms with Crippen LogP contribution in [0.5, 0.6) is 0 Å². The van der Waals surface area contributed by atoms with Crippen LogP contribution in [0, 0.1) is 11.8 Å². The Bertz CT molecular complexity index is 643. The molecule has 6 heteroatoms. The maximum atomic E-state index is 11.5. The second-order valence-corrected chi connectivity index (χ2v) is 3.62. The molecule has 2 rings (SSSR count). The summed E-state index contributed by atoms with van der Waals surface area (Å²) in [5, 5.41) is 6.40. The molecule has 0 saturated heterocycles. The number of hydrogen-bond acceptors (Lipinski definition) is 4. The first-order chi connectivity index (χ1) is 8.07. The van der Waals surface area contributed by atoms with Crippen molar-refractivity contribution in [2.75, 3.05) is 0 Å². The number of hydrogen-bond donors (Lipinski definition) is 0. The summed E-state index contributed by atoms with van der Waals surface area (Å²) in [6.07, 6.45) is 1.50. The average Bonchev–Trinajstić information content (AvgIpc) is 2.60. The summed E-state index contributed by atoms with van der Waals surface area (Å²) in [7, 11) is 0. The topological polar surface area (TPSA) is 80.9 Å². The molecule has 2 aromatic rings. The standard InChI is InChI=1S/C11H9N3O3/c1-6-9(11(16)13-17)8-4-3-5-12-14(8)10(6)7(2)15/h3-5H,1-2H3. The van der Waals surface area contributed by atoms with Crippen LogP contribution in [0.25, 0.3) is 5.52 Å². The van der Waals surface area contributed by atoms with E-state index >= 15 is 0 Å². The zero-order chi connectivity index (χ0) is 12.6. The molecule has 17 heavy (non-hydrogen) atoms. The maximum Gasteiger partial charge on any atom is 0.319 e. The largest absolute Gasteiger partial charge is 0.319 e. The first kappa shape index (κ1) is 11.1. The molecule has 0 saturated carbocycles. The minimum absolute atomic E-state index is 0.137. The molecule has 0 atom stereocenters. The molecule has 0 fully saturated rings. The maximum absolute atomic E-state index is 11.5. The Morgan fingerprint density at radius 2 is 2.12 bits per heavy atom. The Kier molecular flexibility index (Phi) is 2.55. The van der Waals surface area contributed by atoms with Crippen LogP contribution in [0.2, 0.25) is 0 Å². The lowest BCUT2D eigenvalue weighted by Gasteiger charge is -1.96. The molecule has 0 unspecified atom stereocenters. The highest BCUT2D eigenvalue weighted by molar-refractivity contribution is 6.07. The van der Waals surface area contributed by atoms with Gasteiger partial charge in [-0.15, -0.1) is 4.91 Å². The molecule has 0 bridgehead atoms. The van der Waals surface area contributed by atoms with Crippen molar-refractivity contribution in [2.45, 2.75) is 13.8 Å². The van der Waals surface area contributed by atoms with Crippen molar-refractivity contribution in [1.82, 2.24) is 9.61 Å². The van der Waals surface area contributed by atoms with Crippen LogP contribution in [0.1, 0.15) is 33.3 Å². The lowest BCUT2D eigenvalue weighted by atomic mass is 10.1. The SMILES string of the molecule is CC(=O)c1c(C)c(C(=O)N=O)c2cccnn12. The molecule has 6 nitrogen and oxygen atoms in total. The van der Waals surface area contributed by atoms with Gasteiger partial charge in [-0.05, 0) is 24.6 Å². The third kappa shape index (κ3) is 1.54. The number of rotatable bonds is 2. The number of carbonyl (C=O) groups is 2. The highest BCUT2D eigenvalue weighted by Gasteiger charge is 2.23. The van der Waals surface area contributed by atoms with Crippen molar-refractivity contribution in [1.29, 1.82) is 0 Å². The van der Waals surface area contributed by atoms with Crippen LogP contribution in [0.4, 0.5) is 0 Å². The zero-order valence-electron chi connectivity index (χ0n) is 9.30. The summed E-state index contributed by atoms with van der Waals surface area (Å²) in [5.74, 6) is -1.11. The summed E-state index contributed by atoms with van der Waals surface area (Å²) in [4.78, 5) is 33.3. The lowest BCUT2D eigenvalue weighted by molar-refractivity contribution is 0.0999. The van der Waals surface area contributed by atoms with Gasteiger partial charge in [-0.1, -0.05) is 0 Å². The Morgan fingerprint density at radius 1 is 1.41 bits per heavy atom. The molecular weight excluding hydrogens is 222 g/mol. The molecule has 0 spiro atoms. The molecule has 86 valence electrons. The summed E-state index contributed by atoms with van der Waals surface area (Å²) >= 11 is 0. The Hall–Kier alpha value is -2.37. The molecule has 2 aromatic heterocycles. The third-order valence-corrected chi connectivity index (χ3v) is 2.58. The van der Waals surface area contributed by atoms with E-state index in [4.69, 9.17) is 0 Å². The van der Waals surface area contributed by atoms with Crippen molar-refractivity contribution in [3.8, 4) is 0 Å². The zero-order valence-corrected chi connectivity index (χ0v) is 9.30. The minimum Gasteiger partial charge on any atom is -0.293 e. The molecule has 0 aliphatic carbocycles. The van der Waals surface area contributed by atoms with Gasteiger partial charge in [-0.2, -0.15) is 5.10 Å². The molecule has 1 amide bonds. The molecule has 0 aliphatic heterocycles. The van der Waals surface area contributed by atoms with Crippen LogP contribution >= 0.6 is 0 Å². The Morgan fingerprint density at radius 3 is 2.71 bits per heavy atom. The van der Waals surface area contributed by atoms with Gasteiger partial charge >= 0.3 is 5.91 Å². The summed E-state index contributed by atoms with van der Waals surface area (Å²) in [5.41, 5.74) is 1.28. The second-order valence-electron chi connectivity index (χ2n) is 3.62. The number of amides is 1. The normalized spacial score (nSPS) is 10.5. The molecular formula is C11H9N3O3. The van der Waals surface area contributed by atoms with Gasteiger partial charge in [0.1, 0.15) is 5.69 Å². The lowest BCUT2D eigenvalue weighted by Crippen LogP contribution is -2.02. The Labute approximate surface area is 96.2 Å². The molecule has 0 aliphatic rings. The van der Waals surface area contributed by atoms with Gasteiger partial charge < -0.3 is 0 Å². The van der Waals surface area contributed by atoms with E-state index in [1.807, 2.05) is 0 Å². The van der Waals surface area contributed by atoms with Crippen molar-refractivity contribution >= 4 is 17.2 Å². The van der Waals surface area contributed by atoms with Crippen LogP contribution in [-0.4, -0.2) is 21.3 Å². The molecule has 0 aromatic carbocycles. The van der Waals surface area contributed by atoms with Crippen LogP contribution < -0.4 is 0 Å². The van der Waals surface area contributed by atoms with E-state index in [0.717, 1.165) is 0 Å². The van der Waals surface area contributed by atoms with E-state index in [2.05, 4.69) is 10.3 Å². The smallest absolute Gasteiger partial charge is 0.293 e. The predicted molar refractivity (Wildman–Crippen MR) is 60.1 cm³/mol. The number of aromatic nitrogens is 2. The van der Waals surface area contributed by atoms with Gasteiger partial charge in [-0.3, -0.25) is 9.59 Å². The van der Waals surface area contributed by atoms with Gasteiger partial charge in [0.15, 0.2) is 5.78 Å². The minimum atomic E-state index is -0.888. The van der Waals surface area contributed by atoms with Gasteiger partial charge in [0.2, 0.25) is 0 Å². The second kappa shape index (κ2) is 3.89. The summed E-state index contributed by atoms with van der Waals surface area (Å²) in [6.45, 7) is 2.98.